The number of halogens is 1. The molecule has 0 spiro atoms. The summed E-state index contributed by atoms with van der Waals surface area (Å²) < 4.78 is 0. The standard InChI is InChI=1S/C13H19AsN2O4.ClH/c1-4-15(8-7-14(2)3)10-5-6-11(13(17)18)12(9-10)16(19)20;/h5-6,9H,4,7-8H2,1-3H3,(H,17,18);1H. The molecule has 21 heavy (non-hydrogen) atoms. The maximum absolute atomic E-state index is 11.0. The van der Waals surface area contributed by atoms with Crippen molar-refractivity contribution in [3.63, 3.8) is 0 Å². The minimum absolute atomic E-state index is 0. The third-order valence-corrected chi connectivity index (χ3v) is 5.27. The molecule has 1 N–H and O–H groups in total. The summed E-state index contributed by atoms with van der Waals surface area (Å²) in [6.45, 7) is 3.58. The molecule has 118 valence electrons. The van der Waals surface area contributed by atoms with Crippen LogP contribution in [0.25, 0.3) is 0 Å². The summed E-state index contributed by atoms with van der Waals surface area (Å²) >= 11 is -0.754. The molecule has 0 aliphatic rings. The summed E-state index contributed by atoms with van der Waals surface area (Å²) in [5.41, 5.74) is 4.61. The maximum Gasteiger partial charge on any atom is -0.147 e. The molecule has 0 aromatic heterocycles. The van der Waals surface area contributed by atoms with Crippen molar-refractivity contribution in [3.8, 4) is 0 Å². The van der Waals surface area contributed by atoms with E-state index in [1.807, 2.05) is 11.8 Å². The zero-order chi connectivity index (χ0) is 15.3. The third kappa shape index (κ3) is 5.56. The fraction of sp³-hybridized carbons (Fsp3) is 0.462. The monoisotopic (exact) mass is 378 g/mol. The minimum atomic E-state index is -1.28. The molecule has 0 bridgehead atoms. The average Bonchev–Trinajstić information content (AvgIpc) is 2.38. The van der Waals surface area contributed by atoms with E-state index in [2.05, 4.69) is 11.4 Å². The number of anilines is 1. The number of nitro groups is 1. The quantitative estimate of drug-likeness (QED) is 0.447. The molecule has 6 nitrogen and oxygen atoms in total. The molecule has 0 saturated heterocycles. The van der Waals surface area contributed by atoms with E-state index in [-0.39, 0.29) is 23.7 Å². The van der Waals surface area contributed by atoms with Gasteiger partial charge in [0.2, 0.25) is 0 Å². The molecule has 0 unspecified atom stereocenters. The van der Waals surface area contributed by atoms with Gasteiger partial charge in [0.15, 0.2) is 0 Å². The predicted octanol–water partition coefficient (Wildman–Crippen LogP) is 3.30. The summed E-state index contributed by atoms with van der Waals surface area (Å²) in [5, 5.41) is 21.1. The normalized spacial score (nSPS) is 10.1. The molecule has 0 aliphatic carbocycles. The summed E-state index contributed by atoms with van der Waals surface area (Å²) in [5.74, 6) is -1.28. The van der Waals surface area contributed by atoms with E-state index in [4.69, 9.17) is 5.11 Å². The van der Waals surface area contributed by atoms with Crippen LogP contribution in [0.5, 0.6) is 0 Å². The van der Waals surface area contributed by atoms with Gasteiger partial charge in [-0.05, 0) is 0 Å². The van der Waals surface area contributed by atoms with Gasteiger partial charge in [-0.2, -0.15) is 0 Å². The first-order chi connectivity index (χ1) is 9.36. The van der Waals surface area contributed by atoms with Gasteiger partial charge in [0.25, 0.3) is 0 Å². The van der Waals surface area contributed by atoms with Crippen LogP contribution in [0.15, 0.2) is 18.2 Å². The number of carboxylic acid groups (broad SMARTS) is 1. The zero-order valence-electron chi connectivity index (χ0n) is 12.3. The van der Waals surface area contributed by atoms with Crippen molar-refractivity contribution < 1.29 is 14.8 Å². The van der Waals surface area contributed by atoms with Gasteiger partial charge in [0, 0.05) is 0 Å². The van der Waals surface area contributed by atoms with Gasteiger partial charge in [0.1, 0.15) is 0 Å². The van der Waals surface area contributed by atoms with Gasteiger partial charge in [-0.15, -0.1) is 12.4 Å². The van der Waals surface area contributed by atoms with Gasteiger partial charge in [-0.1, -0.05) is 0 Å². The number of nitrogens with zero attached hydrogens (tertiary/aromatic N) is 2. The summed E-state index contributed by atoms with van der Waals surface area (Å²) in [7, 11) is 0. The molecule has 0 radical (unpaired) electrons. The number of benzene rings is 1. The van der Waals surface area contributed by atoms with E-state index in [9.17, 15) is 14.9 Å². The number of carbonyl (C=O) groups is 1. The van der Waals surface area contributed by atoms with Crippen LogP contribution < -0.4 is 4.90 Å². The molecule has 0 amide bonds. The smallest absolute Gasteiger partial charge is 0.147 e. The van der Waals surface area contributed by atoms with Crippen molar-refractivity contribution in [1.29, 1.82) is 0 Å². The fourth-order valence-corrected chi connectivity index (χ4v) is 3.18. The van der Waals surface area contributed by atoms with Crippen LogP contribution >= 0.6 is 12.4 Å². The van der Waals surface area contributed by atoms with Crippen LogP contribution in [0.1, 0.15) is 17.3 Å². The Kier molecular flexibility index (Phi) is 8.37. The second kappa shape index (κ2) is 8.90. The van der Waals surface area contributed by atoms with Crippen molar-refractivity contribution >= 4 is 44.4 Å². The van der Waals surface area contributed by atoms with Crippen LogP contribution in [0.2, 0.25) is 16.6 Å². The van der Waals surface area contributed by atoms with Crippen LogP contribution in [0.4, 0.5) is 11.4 Å². The molecule has 1 aromatic carbocycles. The number of carboxylic acids is 1. The number of hydrogen-bond acceptors (Lipinski definition) is 4. The van der Waals surface area contributed by atoms with Crippen LogP contribution in [0.3, 0.4) is 0 Å². The van der Waals surface area contributed by atoms with Crippen LogP contribution in [-0.4, -0.2) is 43.7 Å². The molecule has 1 aromatic rings. The minimum Gasteiger partial charge on any atom is -0.147 e. The Hall–Kier alpha value is -1.26. The molecule has 8 heteroatoms. The van der Waals surface area contributed by atoms with Crippen molar-refractivity contribution in [1.82, 2.24) is 0 Å². The summed E-state index contributed by atoms with van der Waals surface area (Å²) in [4.78, 5) is 23.4. The third-order valence-electron chi connectivity index (χ3n) is 2.97. The Morgan fingerprint density at radius 1 is 1.43 bits per heavy atom. The largest absolute Gasteiger partial charge is 0.147 e. The molecular weight excluding hydrogens is 359 g/mol. The average molecular weight is 379 g/mol. The predicted molar refractivity (Wildman–Crippen MR) is 87.5 cm³/mol. The Bertz CT molecular complexity index is 511. The number of nitro benzene ring substituents is 1. The molecule has 0 fully saturated rings. The van der Waals surface area contributed by atoms with Crippen LogP contribution in [-0.2, 0) is 0 Å². The van der Waals surface area contributed by atoms with E-state index in [1.165, 1.54) is 12.1 Å². The first-order valence-electron chi connectivity index (χ1n) is 6.28. The molecule has 0 heterocycles. The first kappa shape index (κ1) is 19.7. The Labute approximate surface area is 135 Å². The van der Waals surface area contributed by atoms with E-state index >= 15 is 0 Å². The number of aromatic carboxylic acids is 1. The molecule has 1 rings (SSSR count). The SMILES string of the molecule is CCN(CC[As](C)C)c1ccc(C(=O)O)c([N+](=O)[O-])c1.Cl. The van der Waals surface area contributed by atoms with Crippen LogP contribution in [0, 0.1) is 10.1 Å². The van der Waals surface area contributed by atoms with Gasteiger partial charge in [-0.25, -0.2) is 0 Å². The molecule has 0 atom stereocenters. The zero-order valence-corrected chi connectivity index (χ0v) is 15.0. The van der Waals surface area contributed by atoms with Gasteiger partial charge < -0.3 is 0 Å². The number of hydrogen-bond donors (Lipinski definition) is 1. The maximum atomic E-state index is 11.0. The summed E-state index contributed by atoms with van der Waals surface area (Å²) in [6, 6.07) is 4.31. The Morgan fingerprint density at radius 3 is 2.48 bits per heavy atom. The van der Waals surface area contributed by atoms with Crippen molar-refractivity contribution in [2.24, 2.45) is 0 Å². The van der Waals surface area contributed by atoms with Gasteiger partial charge >= 0.3 is 122 Å². The second-order valence-corrected chi connectivity index (χ2v) is 10.1. The van der Waals surface area contributed by atoms with Gasteiger partial charge in [-0.3, -0.25) is 0 Å². The van der Waals surface area contributed by atoms with E-state index in [0.29, 0.717) is 5.69 Å². The number of rotatable bonds is 7. The second-order valence-electron chi connectivity index (χ2n) is 4.65. The topological polar surface area (TPSA) is 83.7 Å². The Balaban J connectivity index is 0.00000400. The Morgan fingerprint density at radius 2 is 2.05 bits per heavy atom. The molecular formula is C13H20AsClN2O4. The van der Waals surface area contributed by atoms with Gasteiger partial charge in [0.05, 0.1) is 0 Å². The molecule has 0 aliphatic heterocycles. The molecule has 0 saturated carbocycles. The van der Waals surface area contributed by atoms with E-state index in [1.54, 1.807) is 6.07 Å². The summed E-state index contributed by atoms with van der Waals surface area (Å²) in [6.07, 6.45) is 0. The van der Waals surface area contributed by atoms with E-state index in [0.717, 1.165) is 18.3 Å². The first-order valence-corrected chi connectivity index (χ1v) is 11.4. The van der Waals surface area contributed by atoms with Crippen molar-refractivity contribution in [2.75, 3.05) is 18.0 Å². The van der Waals surface area contributed by atoms with Crippen molar-refractivity contribution in [3.05, 3.63) is 33.9 Å². The van der Waals surface area contributed by atoms with E-state index < -0.39 is 25.5 Å². The fourth-order valence-electron chi connectivity index (χ4n) is 1.84. The van der Waals surface area contributed by atoms with Crippen molar-refractivity contribution in [2.45, 2.75) is 23.6 Å².